The van der Waals surface area contributed by atoms with Crippen LogP contribution in [0.3, 0.4) is 0 Å². The third-order valence-electron chi connectivity index (χ3n) is 4.08. The van der Waals surface area contributed by atoms with Gasteiger partial charge in [-0.05, 0) is 30.5 Å². The zero-order chi connectivity index (χ0) is 18.6. The van der Waals surface area contributed by atoms with Crippen LogP contribution in [0.2, 0.25) is 0 Å². The van der Waals surface area contributed by atoms with Gasteiger partial charge >= 0.3 is 0 Å². The molecular formula is C16H21N5O3S2. The van der Waals surface area contributed by atoms with E-state index in [0.29, 0.717) is 0 Å². The number of sulfonamides is 1. The minimum absolute atomic E-state index is 0.166. The summed E-state index contributed by atoms with van der Waals surface area (Å²) in [4.78, 5) is 13.7. The highest BCUT2D eigenvalue weighted by Crippen LogP contribution is 2.22. The first-order valence-electron chi connectivity index (χ1n) is 8.45. The van der Waals surface area contributed by atoms with Crippen molar-refractivity contribution in [1.82, 2.24) is 14.9 Å². The summed E-state index contributed by atoms with van der Waals surface area (Å²) in [5, 5.41) is 10.0. The van der Waals surface area contributed by atoms with Crippen LogP contribution >= 0.6 is 11.3 Å². The smallest absolute Gasteiger partial charge is 0.270 e. The van der Waals surface area contributed by atoms with E-state index in [1.54, 1.807) is 6.92 Å². The number of hydrogen-bond acceptors (Lipinski definition) is 7. The van der Waals surface area contributed by atoms with Gasteiger partial charge in [-0.1, -0.05) is 30.4 Å². The third-order valence-corrected chi connectivity index (χ3v) is 6.69. The van der Waals surface area contributed by atoms with Gasteiger partial charge < -0.3 is 10.2 Å². The van der Waals surface area contributed by atoms with Crippen LogP contribution in [0.1, 0.15) is 31.7 Å². The van der Waals surface area contributed by atoms with Crippen LogP contribution in [0.15, 0.2) is 28.6 Å². The van der Waals surface area contributed by atoms with Crippen LogP contribution < -0.4 is 14.9 Å². The fourth-order valence-corrected chi connectivity index (χ4v) is 4.59. The van der Waals surface area contributed by atoms with Gasteiger partial charge in [-0.2, -0.15) is 0 Å². The van der Waals surface area contributed by atoms with E-state index in [2.05, 4.69) is 25.1 Å². The molecule has 10 heteroatoms. The number of benzene rings is 1. The van der Waals surface area contributed by atoms with E-state index < -0.39 is 10.0 Å². The molecule has 0 radical (unpaired) electrons. The highest BCUT2D eigenvalue weighted by Gasteiger charge is 2.20. The molecule has 0 bridgehead atoms. The molecule has 0 spiro atoms. The lowest BCUT2D eigenvalue weighted by Gasteiger charge is -2.17. The summed E-state index contributed by atoms with van der Waals surface area (Å²) in [5.74, 6) is -0.240. The zero-order valence-corrected chi connectivity index (χ0v) is 16.1. The lowest BCUT2D eigenvalue weighted by molar-refractivity contribution is -0.115. The summed E-state index contributed by atoms with van der Waals surface area (Å²) in [7, 11) is -3.77. The van der Waals surface area contributed by atoms with Gasteiger partial charge in [0.15, 0.2) is 0 Å². The molecule has 0 atom stereocenters. The highest BCUT2D eigenvalue weighted by atomic mass is 32.2. The molecule has 1 aliphatic rings. The molecule has 3 rings (SSSR count). The number of nitrogens with zero attached hydrogens (tertiary/aromatic N) is 3. The Labute approximate surface area is 156 Å². The lowest BCUT2D eigenvalue weighted by atomic mass is 10.2. The van der Waals surface area contributed by atoms with Gasteiger partial charge in [0, 0.05) is 31.7 Å². The number of carbonyl (C=O) groups excluding carboxylic acids is 1. The number of carbonyl (C=O) groups is 1. The maximum atomic E-state index is 12.3. The molecule has 1 amide bonds. The average Bonchev–Trinajstić information content (AvgIpc) is 3.32. The molecule has 1 aliphatic heterocycles. The second kappa shape index (κ2) is 8.11. The summed E-state index contributed by atoms with van der Waals surface area (Å²) >= 11 is 0.827. The first kappa shape index (κ1) is 18.7. The Morgan fingerprint density at radius 3 is 2.54 bits per heavy atom. The fraction of sp³-hybridized carbons (Fsp3) is 0.438. The fourth-order valence-electron chi connectivity index (χ4n) is 2.62. The van der Waals surface area contributed by atoms with Crippen molar-refractivity contribution < 1.29 is 13.2 Å². The molecule has 1 saturated heterocycles. The van der Waals surface area contributed by atoms with Crippen molar-refractivity contribution in [3.63, 3.8) is 0 Å². The summed E-state index contributed by atoms with van der Waals surface area (Å²) in [6, 6.07) is 7.86. The number of rotatable bonds is 7. The van der Waals surface area contributed by atoms with Gasteiger partial charge in [0.05, 0.1) is 0 Å². The molecule has 2 heterocycles. The van der Waals surface area contributed by atoms with Gasteiger partial charge in [0.25, 0.3) is 10.0 Å². The predicted octanol–water partition coefficient (Wildman–Crippen LogP) is 1.97. The van der Waals surface area contributed by atoms with E-state index in [0.717, 1.165) is 35.7 Å². The number of nitrogens with one attached hydrogen (secondary N) is 2. The number of anilines is 2. The summed E-state index contributed by atoms with van der Waals surface area (Å²) in [6.45, 7) is 4.00. The highest BCUT2D eigenvalue weighted by molar-refractivity contribution is 7.91. The van der Waals surface area contributed by atoms with E-state index in [1.165, 1.54) is 12.8 Å². The van der Waals surface area contributed by atoms with Crippen LogP contribution in [0.4, 0.5) is 10.8 Å². The number of hydrogen-bond donors (Lipinski definition) is 2. The van der Waals surface area contributed by atoms with Crippen molar-refractivity contribution in [2.45, 2.75) is 37.1 Å². The topological polar surface area (TPSA) is 104 Å². The van der Waals surface area contributed by atoms with Crippen molar-refractivity contribution in [2.24, 2.45) is 0 Å². The molecule has 1 aromatic carbocycles. The molecule has 1 aromatic heterocycles. The first-order valence-corrected chi connectivity index (χ1v) is 10.7. The van der Waals surface area contributed by atoms with E-state index in [4.69, 9.17) is 0 Å². The first-order chi connectivity index (χ1) is 12.5. The Bertz CT molecular complexity index is 858. The van der Waals surface area contributed by atoms with Crippen molar-refractivity contribution in [3.05, 3.63) is 29.8 Å². The molecule has 0 unspecified atom stereocenters. The van der Waals surface area contributed by atoms with Gasteiger partial charge in [-0.3, -0.25) is 4.79 Å². The molecule has 8 nitrogen and oxygen atoms in total. The Balaban J connectivity index is 1.60. The summed E-state index contributed by atoms with van der Waals surface area (Å²) in [5.41, 5.74) is 2.02. The van der Waals surface area contributed by atoms with E-state index >= 15 is 0 Å². The normalized spacial score (nSPS) is 14.6. The second-order valence-electron chi connectivity index (χ2n) is 5.96. The van der Waals surface area contributed by atoms with E-state index in [-0.39, 0.29) is 28.3 Å². The molecule has 0 aliphatic carbocycles. The van der Waals surface area contributed by atoms with Crippen molar-refractivity contribution in [1.29, 1.82) is 0 Å². The Morgan fingerprint density at radius 2 is 1.88 bits per heavy atom. The third kappa shape index (κ3) is 4.57. The minimum Gasteiger partial charge on any atom is -0.372 e. The lowest BCUT2D eigenvalue weighted by Crippen LogP contribution is -2.23. The number of amides is 1. The molecule has 140 valence electrons. The summed E-state index contributed by atoms with van der Waals surface area (Å²) < 4.78 is 27.0. The molecule has 2 aromatic rings. The quantitative estimate of drug-likeness (QED) is 0.695. The van der Waals surface area contributed by atoms with Crippen LogP contribution in [-0.2, 0) is 21.4 Å². The predicted molar refractivity (Wildman–Crippen MR) is 101 cm³/mol. The molecular weight excluding hydrogens is 374 g/mol. The Morgan fingerprint density at radius 1 is 1.19 bits per heavy atom. The molecule has 0 saturated carbocycles. The van der Waals surface area contributed by atoms with Crippen molar-refractivity contribution >= 4 is 38.1 Å². The molecule has 1 fully saturated rings. The maximum absolute atomic E-state index is 12.3. The van der Waals surface area contributed by atoms with Gasteiger partial charge in [-0.25, -0.2) is 13.1 Å². The Kier molecular flexibility index (Phi) is 5.84. The van der Waals surface area contributed by atoms with Crippen LogP contribution in [-0.4, -0.2) is 37.6 Å². The van der Waals surface area contributed by atoms with Crippen LogP contribution in [0.5, 0.6) is 0 Å². The van der Waals surface area contributed by atoms with Crippen molar-refractivity contribution in [2.75, 3.05) is 23.3 Å². The molecule has 26 heavy (non-hydrogen) atoms. The van der Waals surface area contributed by atoms with Gasteiger partial charge in [-0.15, -0.1) is 10.2 Å². The van der Waals surface area contributed by atoms with Crippen LogP contribution in [0.25, 0.3) is 0 Å². The average molecular weight is 396 g/mol. The summed E-state index contributed by atoms with van der Waals surface area (Å²) in [6.07, 6.45) is 2.71. The largest absolute Gasteiger partial charge is 0.372 e. The number of aromatic nitrogens is 2. The monoisotopic (exact) mass is 395 g/mol. The zero-order valence-electron chi connectivity index (χ0n) is 14.4. The Hall–Kier alpha value is -2.04. The van der Waals surface area contributed by atoms with Crippen LogP contribution in [0, 0.1) is 0 Å². The molecule has 2 N–H and O–H groups in total. The van der Waals surface area contributed by atoms with Gasteiger partial charge in [0.1, 0.15) is 0 Å². The SMILES string of the molecule is CCC(=O)Nc1nnc(S(=O)(=O)NCc2ccc(N3CCCC3)cc2)s1. The van der Waals surface area contributed by atoms with E-state index in [9.17, 15) is 13.2 Å². The minimum atomic E-state index is -3.77. The van der Waals surface area contributed by atoms with Crippen molar-refractivity contribution in [3.8, 4) is 0 Å². The maximum Gasteiger partial charge on any atom is 0.270 e. The van der Waals surface area contributed by atoms with Gasteiger partial charge in [0.2, 0.25) is 15.4 Å². The van der Waals surface area contributed by atoms with E-state index in [1.807, 2.05) is 24.3 Å². The second-order valence-corrected chi connectivity index (χ2v) is 8.88. The standard InChI is InChI=1S/C16H21N5O3S2/c1-2-14(22)18-15-19-20-16(25-15)26(23,24)17-11-12-5-7-13(8-6-12)21-9-3-4-10-21/h5-8,17H,2-4,9-11H2,1H3,(H,18,19,22).